The smallest absolute Gasteiger partial charge is 0.181 e. The van der Waals surface area contributed by atoms with Gasteiger partial charge in [0.05, 0.1) is 29.9 Å². The van der Waals surface area contributed by atoms with E-state index in [1.54, 1.807) is 18.9 Å². The second kappa shape index (κ2) is 11.0. The van der Waals surface area contributed by atoms with E-state index in [9.17, 15) is 0 Å². The zero-order valence-corrected chi connectivity index (χ0v) is 19.4. The third kappa shape index (κ3) is 5.48. The molecule has 7 rings (SSSR count). The van der Waals surface area contributed by atoms with Crippen molar-refractivity contribution in [1.29, 1.82) is 0 Å². The van der Waals surface area contributed by atoms with Gasteiger partial charge in [-0.15, -0.1) is 0 Å². The molecule has 1 saturated heterocycles. The van der Waals surface area contributed by atoms with E-state index < -0.39 is 0 Å². The van der Waals surface area contributed by atoms with Crippen molar-refractivity contribution in [3.05, 3.63) is 61.3 Å². The normalized spacial score (nSPS) is 15.1. The highest BCUT2D eigenvalue weighted by atomic mass is 15.0. The molecule has 7 heteroatoms. The topological polar surface area (TPSA) is 95.2 Å². The molecule has 2 aliphatic rings. The highest BCUT2D eigenvalue weighted by Crippen LogP contribution is 2.25. The summed E-state index contributed by atoms with van der Waals surface area (Å²) in [6, 6.07) is 14.4. The van der Waals surface area contributed by atoms with Gasteiger partial charge < -0.3 is 15.3 Å². The Morgan fingerprint density at radius 2 is 1.24 bits per heavy atom. The Bertz CT molecular complexity index is 1190. The summed E-state index contributed by atoms with van der Waals surface area (Å²) in [7, 11) is 0. The molecule has 0 radical (unpaired) electrons. The van der Waals surface area contributed by atoms with E-state index in [1.165, 1.54) is 58.0 Å². The second-order valence-electron chi connectivity index (χ2n) is 8.77. The molecule has 2 fully saturated rings. The van der Waals surface area contributed by atoms with E-state index in [4.69, 9.17) is 0 Å². The molecule has 4 heterocycles. The monoisotopic (exact) mass is 453 g/mol. The third-order valence-corrected chi connectivity index (χ3v) is 6.28. The largest absolute Gasteiger partial charge is 0.345 e. The molecule has 174 valence electrons. The first kappa shape index (κ1) is 22.2. The van der Waals surface area contributed by atoms with E-state index >= 15 is 0 Å². The van der Waals surface area contributed by atoms with Gasteiger partial charge in [0.2, 0.25) is 0 Å². The molecule has 3 aromatic heterocycles. The molecular weight excluding hydrogens is 422 g/mol. The average Bonchev–Trinajstić information content (AvgIpc) is 3.72. The van der Waals surface area contributed by atoms with E-state index in [1.807, 2.05) is 18.2 Å². The first-order valence-corrected chi connectivity index (χ1v) is 12.3. The van der Waals surface area contributed by atoms with E-state index in [2.05, 4.69) is 59.5 Å². The van der Waals surface area contributed by atoms with E-state index in [0.29, 0.717) is 11.5 Å². The Labute approximate surface area is 199 Å². The number of fused-ring (bicyclic) bond motifs is 2. The van der Waals surface area contributed by atoms with Gasteiger partial charge in [-0.25, -0.2) is 19.9 Å². The number of benzene rings is 2. The van der Waals surface area contributed by atoms with Crippen molar-refractivity contribution in [1.82, 2.24) is 35.2 Å². The van der Waals surface area contributed by atoms with Crippen LogP contribution in [0.4, 0.5) is 0 Å². The maximum absolute atomic E-state index is 4.48. The van der Waals surface area contributed by atoms with Gasteiger partial charge in [-0.1, -0.05) is 62.4 Å². The van der Waals surface area contributed by atoms with Crippen LogP contribution in [0.25, 0.3) is 44.7 Å². The minimum atomic E-state index is 0.671. The lowest BCUT2D eigenvalue weighted by molar-refractivity contribution is 0.857. The molecule has 2 aromatic carbocycles. The quantitative estimate of drug-likeness (QED) is 0.310. The van der Waals surface area contributed by atoms with Crippen LogP contribution in [0.15, 0.2) is 61.3 Å². The summed E-state index contributed by atoms with van der Waals surface area (Å²) in [6.45, 7) is 2.50. The van der Waals surface area contributed by atoms with Crippen LogP contribution in [0, 0.1) is 0 Å². The maximum Gasteiger partial charge on any atom is 0.181 e. The molecule has 1 aliphatic carbocycles. The Kier molecular flexibility index (Phi) is 7.21. The number of hydrogen-bond acceptors (Lipinski definition) is 5. The van der Waals surface area contributed by atoms with Crippen LogP contribution in [0.3, 0.4) is 0 Å². The third-order valence-electron chi connectivity index (χ3n) is 6.28. The van der Waals surface area contributed by atoms with E-state index in [0.717, 1.165) is 33.2 Å². The SMILES string of the molecule is C1CCCC1.C1CCNC1.c1nc2ccc(-c3ccc(-c4ncc5[nH]cnc5n4)cc3)cc2[nH]1. The molecule has 7 nitrogen and oxygen atoms in total. The van der Waals surface area contributed by atoms with Crippen molar-refractivity contribution < 1.29 is 0 Å². The van der Waals surface area contributed by atoms with Crippen LogP contribution in [-0.2, 0) is 0 Å². The van der Waals surface area contributed by atoms with Gasteiger partial charge in [0.1, 0.15) is 5.52 Å². The number of rotatable bonds is 2. The lowest BCUT2D eigenvalue weighted by Crippen LogP contribution is -2.03. The van der Waals surface area contributed by atoms with Crippen LogP contribution in [-0.4, -0.2) is 43.0 Å². The van der Waals surface area contributed by atoms with Crippen LogP contribution < -0.4 is 5.32 Å². The average molecular weight is 454 g/mol. The van der Waals surface area contributed by atoms with Crippen molar-refractivity contribution in [2.24, 2.45) is 0 Å². The van der Waals surface area contributed by atoms with Crippen molar-refractivity contribution in [2.75, 3.05) is 13.1 Å². The molecule has 1 saturated carbocycles. The summed E-state index contributed by atoms with van der Waals surface area (Å²) in [5.41, 5.74) is 6.75. The standard InChI is InChI=1S/C18H12N6.C5H10.C4H9N/c1-3-12(17-19-8-16-18(24-17)23-10-22-16)4-2-11(1)13-5-6-14-15(7-13)21-9-20-14;2*1-2-4-5-3-1/h1-10H,(H,20,21)(H,19,22,23,24);1-5H2;5H,1-4H2. The van der Waals surface area contributed by atoms with Crippen molar-refractivity contribution in [3.63, 3.8) is 0 Å². The van der Waals surface area contributed by atoms with Crippen LogP contribution in [0.1, 0.15) is 44.9 Å². The van der Waals surface area contributed by atoms with Gasteiger partial charge in [0.25, 0.3) is 0 Å². The van der Waals surface area contributed by atoms with Gasteiger partial charge in [-0.3, -0.25) is 0 Å². The predicted octanol–water partition coefficient (Wildman–Crippen LogP) is 5.88. The highest BCUT2D eigenvalue weighted by Gasteiger charge is 2.06. The lowest BCUT2D eigenvalue weighted by Gasteiger charge is -2.04. The molecule has 0 bridgehead atoms. The van der Waals surface area contributed by atoms with Gasteiger partial charge in [0.15, 0.2) is 11.5 Å². The molecule has 0 spiro atoms. The van der Waals surface area contributed by atoms with Crippen LogP contribution in [0.5, 0.6) is 0 Å². The second-order valence-corrected chi connectivity index (χ2v) is 8.77. The minimum absolute atomic E-state index is 0.671. The van der Waals surface area contributed by atoms with Gasteiger partial charge in [-0.2, -0.15) is 0 Å². The summed E-state index contributed by atoms with van der Waals surface area (Å²) < 4.78 is 0. The lowest BCUT2D eigenvalue weighted by atomic mass is 10.0. The summed E-state index contributed by atoms with van der Waals surface area (Å²) in [5.74, 6) is 0.671. The van der Waals surface area contributed by atoms with Gasteiger partial charge in [0, 0.05) is 5.56 Å². The molecule has 5 aromatic rings. The summed E-state index contributed by atoms with van der Waals surface area (Å²) in [4.78, 5) is 23.4. The molecular formula is C27H31N7. The van der Waals surface area contributed by atoms with Gasteiger partial charge in [-0.05, 0) is 49.2 Å². The molecule has 0 atom stereocenters. The van der Waals surface area contributed by atoms with Crippen molar-refractivity contribution in [3.8, 4) is 22.5 Å². The Balaban J connectivity index is 0.000000199. The molecule has 34 heavy (non-hydrogen) atoms. The van der Waals surface area contributed by atoms with Crippen LogP contribution >= 0.6 is 0 Å². The van der Waals surface area contributed by atoms with E-state index in [-0.39, 0.29) is 0 Å². The zero-order valence-electron chi connectivity index (χ0n) is 19.4. The number of hydrogen-bond donors (Lipinski definition) is 3. The summed E-state index contributed by atoms with van der Waals surface area (Å²) >= 11 is 0. The number of aromatic amines is 2. The Morgan fingerprint density at radius 3 is 1.94 bits per heavy atom. The first-order chi connectivity index (χ1) is 16.9. The summed E-state index contributed by atoms with van der Waals surface area (Å²) in [6.07, 6.45) is 15.4. The fourth-order valence-corrected chi connectivity index (χ4v) is 4.31. The number of nitrogens with one attached hydrogen (secondary N) is 3. The fourth-order valence-electron chi connectivity index (χ4n) is 4.31. The van der Waals surface area contributed by atoms with Crippen LogP contribution in [0.2, 0.25) is 0 Å². The Morgan fingerprint density at radius 1 is 0.588 bits per heavy atom. The van der Waals surface area contributed by atoms with Crippen molar-refractivity contribution >= 4 is 22.2 Å². The first-order valence-electron chi connectivity index (χ1n) is 12.3. The Hall–Kier alpha value is -3.58. The molecule has 3 N–H and O–H groups in total. The van der Waals surface area contributed by atoms with Gasteiger partial charge >= 0.3 is 0 Å². The fraction of sp³-hybridized carbons (Fsp3) is 0.333. The number of imidazole rings is 2. The molecule has 0 amide bonds. The minimum Gasteiger partial charge on any atom is -0.345 e. The summed E-state index contributed by atoms with van der Waals surface area (Å²) in [5, 5.41) is 3.22. The highest BCUT2D eigenvalue weighted by molar-refractivity contribution is 5.82. The zero-order chi connectivity index (χ0) is 23.0. The predicted molar refractivity (Wildman–Crippen MR) is 137 cm³/mol. The molecule has 1 aliphatic heterocycles. The maximum atomic E-state index is 4.48. The number of H-pyrrole nitrogens is 2. The molecule has 0 unspecified atom stereocenters. The number of nitrogens with zero attached hydrogens (tertiary/aromatic N) is 4. The van der Waals surface area contributed by atoms with Crippen molar-refractivity contribution in [2.45, 2.75) is 44.9 Å². The number of aromatic nitrogens is 6.